The summed E-state index contributed by atoms with van der Waals surface area (Å²) < 4.78 is 24.7. The number of nitrogens with zero attached hydrogens (tertiary/aromatic N) is 1. The molecule has 1 aliphatic heterocycles. The van der Waals surface area contributed by atoms with Crippen molar-refractivity contribution >= 4 is 18.3 Å². The van der Waals surface area contributed by atoms with Gasteiger partial charge in [0, 0.05) is 6.07 Å². The van der Waals surface area contributed by atoms with E-state index in [4.69, 9.17) is 9.31 Å². The van der Waals surface area contributed by atoms with E-state index >= 15 is 0 Å². The maximum absolute atomic E-state index is 13.5. The Labute approximate surface area is 118 Å². The van der Waals surface area contributed by atoms with Crippen LogP contribution in [-0.4, -0.2) is 23.7 Å². The molecule has 2 rings (SSSR count). The van der Waals surface area contributed by atoms with Gasteiger partial charge in [0.1, 0.15) is 0 Å². The number of rotatable bonds is 2. The number of benzene rings is 1. The largest absolute Gasteiger partial charge is 0.494 e. The summed E-state index contributed by atoms with van der Waals surface area (Å²) in [5.41, 5.74) is -0.581. The van der Waals surface area contributed by atoms with Crippen molar-refractivity contribution in [2.75, 3.05) is 0 Å². The summed E-state index contributed by atoms with van der Waals surface area (Å²) in [7, 11) is -0.690. The van der Waals surface area contributed by atoms with Gasteiger partial charge in [-0.1, -0.05) is 19.9 Å². The molecule has 0 radical (unpaired) electrons. The maximum Gasteiger partial charge on any atom is 0.494 e. The van der Waals surface area contributed by atoms with Gasteiger partial charge in [0.2, 0.25) is 0 Å². The smallest absolute Gasteiger partial charge is 0.402 e. The van der Waals surface area contributed by atoms with Crippen LogP contribution in [0.5, 0.6) is 0 Å². The van der Waals surface area contributed by atoms with Crippen molar-refractivity contribution in [2.45, 2.75) is 46.3 Å². The zero-order valence-corrected chi connectivity index (χ0v) is 12.3. The Balaban J connectivity index is 0.000000956. The number of nitro groups is 1. The molecule has 20 heavy (non-hydrogen) atoms. The van der Waals surface area contributed by atoms with Crippen LogP contribution in [0.2, 0.25) is 0 Å². The molecule has 1 aromatic carbocycles. The number of hydrogen-bond donors (Lipinski definition) is 0. The van der Waals surface area contributed by atoms with Crippen LogP contribution in [-0.2, 0) is 9.31 Å². The fourth-order valence-electron chi connectivity index (χ4n) is 1.71. The third-order valence-corrected chi connectivity index (χ3v) is 3.16. The molecule has 1 fully saturated rings. The van der Waals surface area contributed by atoms with Gasteiger partial charge < -0.3 is 9.31 Å². The Hall–Kier alpha value is -1.47. The lowest BCUT2D eigenvalue weighted by Gasteiger charge is -2.21. The van der Waals surface area contributed by atoms with Gasteiger partial charge in [0.25, 0.3) is 0 Å². The van der Waals surface area contributed by atoms with Crippen LogP contribution in [0.25, 0.3) is 0 Å². The second-order valence-electron chi connectivity index (χ2n) is 4.80. The molecule has 0 spiro atoms. The van der Waals surface area contributed by atoms with Crippen LogP contribution < -0.4 is 5.46 Å². The summed E-state index contributed by atoms with van der Waals surface area (Å²) in [6.45, 7) is 9.61. The van der Waals surface area contributed by atoms with Crippen molar-refractivity contribution < 1.29 is 18.6 Å². The molecular formula is C13H19BFNO4. The molecule has 1 heterocycles. The Bertz CT molecular complexity index is 495. The van der Waals surface area contributed by atoms with Crippen LogP contribution in [0, 0.1) is 15.9 Å². The van der Waals surface area contributed by atoms with Crippen LogP contribution in [0.3, 0.4) is 0 Å². The molecule has 0 aliphatic carbocycles. The predicted octanol–water partition coefficient (Wildman–Crippen LogP) is 2.67. The monoisotopic (exact) mass is 283 g/mol. The summed E-state index contributed by atoms with van der Waals surface area (Å²) in [6.07, 6.45) is -0.138. The lowest BCUT2D eigenvalue weighted by Crippen LogP contribution is -2.35. The first-order valence-electron chi connectivity index (χ1n) is 6.58. The maximum atomic E-state index is 13.5. The molecule has 0 aromatic heterocycles. The van der Waals surface area contributed by atoms with Crippen molar-refractivity contribution in [3.05, 3.63) is 34.1 Å². The second kappa shape index (κ2) is 6.32. The third kappa shape index (κ3) is 3.35. The van der Waals surface area contributed by atoms with Gasteiger partial charge >= 0.3 is 12.8 Å². The topological polar surface area (TPSA) is 61.6 Å². The second-order valence-corrected chi connectivity index (χ2v) is 4.80. The van der Waals surface area contributed by atoms with E-state index in [0.717, 1.165) is 12.1 Å². The quantitative estimate of drug-likeness (QED) is 0.475. The highest BCUT2D eigenvalue weighted by Crippen LogP contribution is 2.27. The minimum absolute atomic E-state index is 0.138. The highest BCUT2D eigenvalue weighted by molar-refractivity contribution is 6.62. The Morgan fingerprint density at radius 3 is 2.40 bits per heavy atom. The summed E-state index contributed by atoms with van der Waals surface area (Å²) in [4.78, 5) is 9.75. The molecule has 0 bridgehead atoms. The summed E-state index contributed by atoms with van der Waals surface area (Å²) in [6, 6.07) is 3.64. The standard InChI is InChI=1S/C11H13BFNO4.C2H6/c1-7-11(2,3)18-12(17-7)8-4-5-10(14(15)16)9(13)6-8;1-2/h4-7H,1-3H3;1-2H3. The van der Waals surface area contributed by atoms with Gasteiger partial charge in [-0.25, -0.2) is 0 Å². The SMILES string of the molecule is CC.CC1OB(c2ccc([N+](=O)[O-])c(F)c2)OC1(C)C. The molecule has 1 atom stereocenters. The number of hydrogen-bond acceptors (Lipinski definition) is 4. The molecule has 7 heteroatoms. The average Bonchev–Trinajstić information content (AvgIpc) is 2.66. The highest BCUT2D eigenvalue weighted by Gasteiger charge is 2.44. The predicted molar refractivity (Wildman–Crippen MR) is 75.5 cm³/mol. The third-order valence-electron chi connectivity index (χ3n) is 3.16. The van der Waals surface area contributed by atoms with Crippen LogP contribution in [0.4, 0.5) is 10.1 Å². The molecule has 1 saturated heterocycles. The summed E-state index contributed by atoms with van der Waals surface area (Å²) in [5.74, 6) is -0.887. The van der Waals surface area contributed by atoms with Gasteiger partial charge in [-0.05, 0) is 32.3 Å². The first kappa shape index (κ1) is 16.6. The summed E-state index contributed by atoms with van der Waals surface area (Å²) in [5, 5.41) is 10.5. The van der Waals surface area contributed by atoms with Gasteiger partial charge in [0.15, 0.2) is 5.82 Å². The van der Waals surface area contributed by atoms with E-state index in [2.05, 4.69) is 0 Å². The van der Waals surface area contributed by atoms with E-state index < -0.39 is 29.1 Å². The number of nitro benzene ring substituents is 1. The minimum atomic E-state index is -0.887. The van der Waals surface area contributed by atoms with E-state index in [1.54, 1.807) is 0 Å². The molecule has 1 aromatic rings. The Kier molecular flexibility index (Phi) is 5.24. The molecule has 0 saturated carbocycles. The van der Waals surface area contributed by atoms with Crippen LogP contribution in [0.15, 0.2) is 18.2 Å². The summed E-state index contributed by atoms with van der Waals surface area (Å²) >= 11 is 0. The van der Waals surface area contributed by atoms with E-state index in [1.165, 1.54) is 6.07 Å². The van der Waals surface area contributed by atoms with Crippen molar-refractivity contribution in [1.29, 1.82) is 0 Å². The van der Waals surface area contributed by atoms with Crippen molar-refractivity contribution in [3.8, 4) is 0 Å². The Morgan fingerprint density at radius 2 is 2.00 bits per heavy atom. The highest BCUT2D eigenvalue weighted by atomic mass is 19.1. The molecule has 1 aliphatic rings. The normalized spacial score (nSPS) is 20.3. The van der Waals surface area contributed by atoms with Gasteiger partial charge in [-0.2, -0.15) is 4.39 Å². The fourth-order valence-corrected chi connectivity index (χ4v) is 1.71. The fraction of sp³-hybridized carbons (Fsp3) is 0.538. The lowest BCUT2D eigenvalue weighted by molar-refractivity contribution is -0.387. The zero-order valence-electron chi connectivity index (χ0n) is 12.3. The molecule has 5 nitrogen and oxygen atoms in total. The number of halogens is 1. The first-order valence-corrected chi connectivity index (χ1v) is 6.58. The lowest BCUT2D eigenvalue weighted by atomic mass is 9.79. The zero-order chi connectivity index (χ0) is 15.5. The van der Waals surface area contributed by atoms with Crippen molar-refractivity contribution in [2.24, 2.45) is 0 Å². The van der Waals surface area contributed by atoms with E-state index in [0.29, 0.717) is 5.46 Å². The van der Waals surface area contributed by atoms with Crippen molar-refractivity contribution in [3.63, 3.8) is 0 Å². The molecule has 110 valence electrons. The molecular weight excluding hydrogens is 264 g/mol. The molecule has 0 amide bonds. The van der Waals surface area contributed by atoms with Gasteiger partial charge in [-0.15, -0.1) is 0 Å². The van der Waals surface area contributed by atoms with Crippen molar-refractivity contribution in [1.82, 2.24) is 0 Å². The average molecular weight is 283 g/mol. The first-order chi connectivity index (χ1) is 9.31. The van der Waals surface area contributed by atoms with Gasteiger partial charge in [0.05, 0.1) is 16.6 Å². The molecule has 1 unspecified atom stereocenters. The minimum Gasteiger partial charge on any atom is -0.402 e. The molecule has 0 N–H and O–H groups in total. The van der Waals surface area contributed by atoms with E-state index in [9.17, 15) is 14.5 Å². The van der Waals surface area contributed by atoms with Crippen LogP contribution in [0.1, 0.15) is 34.6 Å². The van der Waals surface area contributed by atoms with Crippen LogP contribution >= 0.6 is 0 Å². The Morgan fingerprint density at radius 1 is 1.40 bits per heavy atom. The van der Waals surface area contributed by atoms with Gasteiger partial charge in [-0.3, -0.25) is 10.1 Å². The van der Waals surface area contributed by atoms with E-state index in [-0.39, 0.29) is 6.10 Å². The van der Waals surface area contributed by atoms with E-state index in [1.807, 2.05) is 34.6 Å².